The van der Waals surface area contributed by atoms with Gasteiger partial charge in [-0.15, -0.1) is 11.6 Å². The van der Waals surface area contributed by atoms with Crippen molar-refractivity contribution in [3.8, 4) is 0 Å². The van der Waals surface area contributed by atoms with Gasteiger partial charge < -0.3 is 19.3 Å². The highest BCUT2D eigenvalue weighted by atomic mass is 35.5. The van der Waals surface area contributed by atoms with Crippen LogP contribution in [0.1, 0.15) is 13.8 Å². The summed E-state index contributed by atoms with van der Waals surface area (Å²) < 4.78 is 14.7. The molecule has 0 amide bonds. The third kappa shape index (κ3) is 3.07. The standard InChI is InChI=1S/C9H13ClO6/c1-4(11)14-7-6(3-10)16-9(13)8(7)15-5(2)12/h6-9,13H,3H2,1-2H3/t6-,7-,8-,9?/m0/s1. The number of ether oxygens (including phenoxy) is 3. The van der Waals surface area contributed by atoms with Gasteiger partial charge in [0.25, 0.3) is 0 Å². The van der Waals surface area contributed by atoms with Crippen LogP contribution in [0.15, 0.2) is 0 Å². The van der Waals surface area contributed by atoms with Crippen LogP contribution in [-0.2, 0) is 23.8 Å². The monoisotopic (exact) mass is 252 g/mol. The van der Waals surface area contributed by atoms with Crippen molar-refractivity contribution in [3.05, 3.63) is 0 Å². The van der Waals surface area contributed by atoms with Crippen molar-refractivity contribution in [2.24, 2.45) is 0 Å². The number of hydrogen-bond acceptors (Lipinski definition) is 6. The second kappa shape index (κ2) is 5.47. The summed E-state index contributed by atoms with van der Waals surface area (Å²) in [5.74, 6) is -1.14. The van der Waals surface area contributed by atoms with Gasteiger partial charge in [0.15, 0.2) is 18.5 Å². The number of carbonyl (C=O) groups excluding carboxylic acids is 2. The Kier molecular flexibility index (Phi) is 4.52. The average Bonchev–Trinajstić information content (AvgIpc) is 2.44. The van der Waals surface area contributed by atoms with Crippen molar-refractivity contribution in [3.63, 3.8) is 0 Å². The number of alkyl halides is 1. The molecule has 6 nitrogen and oxygen atoms in total. The first-order valence-electron chi connectivity index (χ1n) is 4.69. The van der Waals surface area contributed by atoms with Crippen LogP contribution in [0.2, 0.25) is 0 Å². The van der Waals surface area contributed by atoms with E-state index in [4.69, 9.17) is 25.8 Å². The van der Waals surface area contributed by atoms with Gasteiger partial charge in [-0.05, 0) is 0 Å². The number of aliphatic hydroxyl groups excluding tert-OH is 1. The lowest BCUT2D eigenvalue weighted by atomic mass is 10.1. The SMILES string of the molecule is CC(=O)O[C@H]1[C@H](CCl)OC(O)[C@H]1OC(C)=O. The molecule has 0 spiro atoms. The number of hydrogen-bond donors (Lipinski definition) is 1. The van der Waals surface area contributed by atoms with Gasteiger partial charge in [0, 0.05) is 13.8 Å². The van der Waals surface area contributed by atoms with Crippen LogP contribution in [0.5, 0.6) is 0 Å². The summed E-state index contributed by atoms with van der Waals surface area (Å²) >= 11 is 5.59. The molecule has 1 N–H and O–H groups in total. The van der Waals surface area contributed by atoms with E-state index in [-0.39, 0.29) is 5.88 Å². The fraction of sp³-hybridized carbons (Fsp3) is 0.778. The van der Waals surface area contributed by atoms with E-state index in [1.807, 2.05) is 0 Å². The number of rotatable bonds is 3. The van der Waals surface area contributed by atoms with Crippen molar-refractivity contribution in [2.45, 2.75) is 38.4 Å². The molecule has 0 bridgehead atoms. The zero-order valence-electron chi connectivity index (χ0n) is 8.88. The smallest absolute Gasteiger partial charge is 0.303 e. The van der Waals surface area contributed by atoms with Crippen LogP contribution in [0.25, 0.3) is 0 Å². The molecule has 1 fully saturated rings. The van der Waals surface area contributed by atoms with E-state index in [0.29, 0.717) is 0 Å². The van der Waals surface area contributed by atoms with Crippen LogP contribution in [-0.4, -0.2) is 47.5 Å². The molecule has 1 aliphatic heterocycles. The molecule has 0 aliphatic carbocycles. The molecular formula is C9H13ClO6. The number of esters is 2. The van der Waals surface area contributed by atoms with Crippen LogP contribution >= 0.6 is 11.6 Å². The van der Waals surface area contributed by atoms with Gasteiger partial charge in [0.05, 0.1) is 5.88 Å². The predicted octanol–water partition coefficient (Wildman–Crippen LogP) is -0.194. The predicted molar refractivity (Wildman–Crippen MR) is 52.7 cm³/mol. The van der Waals surface area contributed by atoms with Gasteiger partial charge in [-0.25, -0.2) is 0 Å². The summed E-state index contributed by atoms with van der Waals surface area (Å²) in [6, 6.07) is 0. The zero-order chi connectivity index (χ0) is 12.3. The first-order chi connectivity index (χ1) is 7.45. The Hall–Kier alpha value is -0.850. The molecule has 1 rings (SSSR count). The number of halogens is 1. The molecule has 0 saturated carbocycles. The highest BCUT2D eigenvalue weighted by Crippen LogP contribution is 2.26. The Balaban J connectivity index is 2.76. The Morgan fingerprint density at radius 2 is 1.75 bits per heavy atom. The molecule has 0 aromatic rings. The van der Waals surface area contributed by atoms with Crippen molar-refractivity contribution >= 4 is 23.5 Å². The van der Waals surface area contributed by atoms with Gasteiger partial charge in [-0.1, -0.05) is 0 Å². The maximum absolute atomic E-state index is 10.9. The van der Waals surface area contributed by atoms with E-state index in [1.54, 1.807) is 0 Å². The second-order valence-electron chi connectivity index (χ2n) is 3.37. The van der Waals surface area contributed by atoms with Crippen LogP contribution < -0.4 is 0 Å². The van der Waals surface area contributed by atoms with E-state index < -0.39 is 36.5 Å². The minimum atomic E-state index is -1.34. The lowest BCUT2D eigenvalue weighted by molar-refractivity contribution is -0.174. The van der Waals surface area contributed by atoms with Crippen molar-refractivity contribution < 1.29 is 28.9 Å². The van der Waals surface area contributed by atoms with E-state index in [2.05, 4.69) is 0 Å². The second-order valence-corrected chi connectivity index (χ2v) is 3.68. The number of carbonyl (C=O) groups is 2. The summed E-state index contributed by atoms with van der Waals surface area (Å²) in [7, 11) is 0. The molecule has 0 aromatic carbocycles. The molecule has 1 unspecified atom stereocenters. The average molecular weight is 253 g/mol. The van der Waals surface area contributed by atoms with Crippen molar-refractivity contribution in [2.75, 3.05) is 5.88 Å². The largest absolute Gasteiger partial charge is 0.456 e. The fourth-order valence-electron chi connectivity index (χ4n) is 1.48. The van der Waals surface area contributed by atoms with E-state index in [1.165, 1.54) is 13.8 Å². The molecule has 92 valence electrons. The molecule has 0 aromatic heterocycles. The summed E-state index contributed by atoms with van der Waals surface area (Å²) in [6.45, 7) is 2.40. The Bertz CT molecular complexity index is 281. The summed E-state index contributed by atoms with van der Waals surface area (Å²) in [4.78, 5) is 21.7. The lowest BCUT2D eigenvalue weighted by Crippen LogP contribution is -2.40. The Labute approximate surface area is 97.4 Å². The zero-order valence-corrected chi connectivity index (χ0v) is 9.64. The maximum atomic E-state index is 10.9. The van der Waals surface area contributed by atoms with Gasteiger partial charge in [-0.2, -0.15) is 0 Å². The highest BCUT2D eigenvalue weighted by Gasteiger charge is 2.48. The topological polar surface area (TPSA) is 82.1 Å². The molecule has 4 atom stereocenters. The van der Waals surface area contributed by atoms with Gasteiger partial charge in [-0.3, -0.25) is 9.59 Å². The molecular weight excluding hydrogens is 240 g/mol. The lowest BCUT2D eigenvalue weighted by Gasteiger charge is -2.21. The van der Waals surface area contributed by atoms with Crippen LogP contribution in [0.3, 0.4) is 0 Å². The molecule has 1 saturated heterocycles. The fourth-order valence-corrected chi connectivity index (χ4v) is 1.73. The molecule has 7 heteroatoms. The normalized spacial score (nSPS) is 33.5. The van der Waals surface area contributed by atoms with Crippen molar-refractivity contribution in [1.82, 2.24) is 0 Å². The quantitative estimate of drug-likeness (QED) is 0.554. The van der Waals surface area contributed by atoms with E-state index in [9.17, 15) is 14.7 Å². The van der Waals surface area contributed by atoms with Crippen molar-refractivity contribution in [1.29, 1.82) is 0 Å². The summed E-state index contributed by atoms with van der Waals surface area (Å²) in [5, 5.41) is 9.47. The summed E-state index contributed by atoms with van der Waals surface area (Å²) in [6.07, 6.45) is -3.94. The molecule has 0 radical (unpaired) electrons. The minimum Gasteiger partial charge on any atom is -0.456 e. The van der Waals surface area contributed by atoms with Gasteiger partial charge in [0.2, 0.25) is 0 Å². The van der Waals surface area contributed by atoms with Crippen LogP contribution in [0, 0.1) is 0 Å². The highest BCUT2D eigenvalue weighted by molar-refractivity contribution is 6.18. The Morgan fingerprint density at radius 1 is 1.25 bits per heavy atom. The molecule has 1 heterocycles. The maximum Gasteiger partial charge on any atom is 0.303 e. The van der Waals surface area contributed by atoms with Gasteiger partial charge in [0.1, 0.15) is 6.10 Å². The van der Waals surface area contributed by atoms with Crippen LogP contribution in [0.4, 0.5) is 0 Å². The minimum absolute atomic E-state index is 0.0206. The summed E-state index contributed by atoms with van der Waals surface area (Å²) in [5.41, 5.74) is 0. The molecule has 16 heavy (non-hydrogen) atoms. The first-order valence-corrected chi connectivity index (χ1v) is 5.23. The van der Waals surface area contributed by atoms with Gasteiger partial charge >= 0.3 is 11.9 Å². The third-order valence-corrected chi connectivity index (χ3v) is 2.35. The molecule has 1 aliphatic rings. The Morgan fingerprint density at radius 3 is 2.19 bits per heavy atom. The van der Waals surface area contributed by atoms with E-state index >= 15 is 0 Å². The third-order valence-electron chi connectivity index (χ3n) is 2.04. The number of aliphatic hydroxyl groups is 1. The van der Waals surface area contributed by atoms with E-state index in [0.717, 1.165) is 0 Å². The first kappa shape index (κ1) is 13.2.